The summed E-state index contributed by atoms with van der Waals surface area (Å²) in [5.74, 6) is -2.27. The Morgan fingerprint density at radius 2 is 2.05 bits per heavy atom. The third kappa shape index (κ3) is 2.77. The second kappa shape index (κ2) is 5.70. The second-order valence-corrected chi connectivity index (χ2v) is 4.77. The summed E-state index contributed by atoms with van der Waals surface area (Å²) in [7, 11) is 0. The molecular formula is C13H10O6S. The highest BCUT2D eigenvalue weighted by Crippen LogP contribution is 2.30. The van der Waals surface area contributed by atoms with E-state index in [1.807, 2.05) is 0 Å². The zero-order valence-corrected chi connectivity index (χ0v) is 11.2. The molecular weight excluding hydrogens is 284 g/mol. The lowest BCUT2D eigenvalue weighted by molar-refractivity contribution is 0.0531. The van der Waals surface area contributed by atoms with Crippen molar-refractivity contribution in [2.45, 2.75) is 6.92 Å². The van der Waals surface area contributed by atoms with Gasteiger partial charge in [-0.2, -0.15) is 0 Å². The van der Waals surface area contributed by atoms with Crippen molar-refractivity contribution in [1.82, 2.24) is 0 Å². The fourth-order valence-corrected chi connectivity index (χ4v) is 2.49. The van der Waals surface area contributed by atoms with Crippen molar-refractivity contribution in [3.63, 3.8) is 0 Å². The number of thiophene rings is 1. The van der Waals surface area contributed by atoms with Gasteiger partial charge in [0, 0.05) is 16.5 Å². The number of aromatic carboxylic acids is 1. The summed E-state index contributed by atoms with van der Waals surface area (Å²) in [5.41, 5.74) is -0.494. The first-order chi connectivity index (χ1) is 9.52. The van der Waals surface area contributed by atoms with Gasteiger partial charge in [0.05, 0.1) is 6.61 Å². The lowest BCUT2D eigenvalue weighted by Crippen LogP contribution is -2.06. The molecule has 0 aliphatic heterocycles. The number of rotatable bonds is 4. The average molecular weight is 294 g/mol. The number of carboxylic acid groups (broad SMARTS) is 1. The van der Waals surface area contributed by atoms with Crippen LogP contribution in [0, 0.1) is 0 Å². The molecule has 0 saturated carbocycles. The first-order valence-electron chi connectivity index (χ1n) is 5.67. The van der Waals surface area contributed by atoms with Crippen LogP contribution >= 0.6 is 11.3 Å². The molecule has 0 radical (unpaired) electrons. The van der Waals surface area contributed by atoms with Gasteiger partial charge in [-0.15, -0.1) is 11.3 Å². The van der Waals surface area contributed by atoms with Gasteiger partial charge >= 0.3 is 17.6 Å². The summed E-state index contributed by atoms with van der Waals surface area (Å²) in [5, 5.41) is 9.03. The van der Waals surface area contributed by atoms with Crippen molar-refractivity contribution in [3.8, 4) is 10.4 Å². The van der Waals surface area contributed by atoms with Crippen LogP contribution < -0.4 is 5.63 Å². The Kier molecular flexibility index (Phi) is 3.99. The van der Waals surface area contributed by atoms with E-state index in [9.17, 15) is 14.4 Å². The maximum atomic E-state index is 11.6. The molecule has 7 heteroatoms. The topological polar surface area (TPSA) is 93.8 Å². The van der Waals surface area contributed by atoms with Crippen molar-refractivity contribution in [2.75, 3.05) is 6.61 Å². The molecule has 2 aromatic rings. The molecule has 0 unspecified atom stereocenters. The summed E-state index contributed by atoms with van der Waals surface area (Å²) < 4.78 is 9.53. The Bertz CT molecular complexity index is 712. The van der Waals surface area contributed by atoms with E-state index in [-0.39, 0.29) is 12.2 Å². The molecule has 104 valence electrons. The smallest absolute Gasteiger partial charge is 0.372 e. The number of esters is 1. The van der Waals surface area contributed by atoms with E-state index in [0.29, 0.717) is 9.75 Å². The van der Waals surface area contributed by atoms with Gasteiger partial charge in [0.2, 0.25) is 5.76 Å². The van der Waals surface area contributed by atoms with E-state index < -0.39 is 23.3 Å². The third-order valence-electron chi connectivity index (χ3n) is 2.38. The zero-order chi connectivity index (χ0) is 14.7. The van der Waals surface area contributed by atoms with Crippen LogP contribution in [0.15, 0.2) is 33.5 Å². The maximum Gasteiger partial charge on any atom is 0.372 e. The number of hydrogen-bond donors (Lipinski definition) is 1. The van der Waals surface area contributed by atoms with Gasteiger partial charge in [0.25, 0.3) is 0 Å². The molecule has 0 spiro atoms. The normalized spacial score (nSPS) is 10.2. The Morgan fingerprint density at radius 3 is 2.70 bits per heavy atom. The molecule has 0 fully saturated rings. The number of carbonyl (C=O) groups is 2. The van der Waals surface area contributed by atoms with E-state index in [0.717, 1.165) is 17.4 Å². The fourth-order valence-electron chi connectivity index (χ4n) is 1.56. The van der Waals surface area contributed by atoms with E-state index in [4.69, 9.17) is 9.84 Å². The summed E-state index contributed by atoms with van der Waals surface area (Å²) in [6.07, 6.45) is 0. The molecule has 2 heterocycles. The number of carboxylic acids is 1. The minimum Gasteiger partial charge on any atom is -0.475 e. The minimum atomic E-state index is -1.34. The molecule has 0 aliphatic carbocycles. The molecule has 20 heavy (non-hydrogen) atoms. The van der Waals surface area contributed by atoms with Crippen molar-refractivity contribution < 1.29 is 23.8 Å². The van der Waals surface area contributed by atoms with Gasteiger partial charge < -0.3 is 14.3 Å². The van der Waals surface area contributed by atoms with Crippen molar-refractivity contribution in [2.24, 2.45) is 0 Å². The van der Waals surface area contributed by atoms with Crippen LogP contribution in [0.1, 0.15) is 27.2 Å². The largest absolute Gasteiger partial charge is 0.475 e. The second-order valence-electron chi connectivity index (χ2n) is 3.69. The minimum absolute atomic E-state index is 0.248. The van der Waals surface area contributed by atoms with E-state index in [1.54, 1.807) is 13.0 Å². The average Bonchev–Trinajstić information content (AvgIpc) is 2.88. The third-order valence-corrected chi connectivity index (χ3v) is 3.47. The van der Waals surface area contributed by atoms with E-state index >= 15 is 0 Å². The molecule has 0 amide bonds. The molecule has 0 saturated heterocycles. The van der Waals surface area contributed by atoms with E-state index in [2.05, 4.69) is 4.42 Å². The molecule has 1 N–H and O–H groups in total. The van der Waals surface area contributed by atoms with Crippen LogP contribution in [0.25, 0.3) is 10.4 Å². The molecule has 2 rings (SSSR count). The summed E-state index contributed by atoms with van der Waals surface area (Å²) >= 11 is 1.07. The molecule has 2 aromatic heterocycles. The Balaban J connectivity index is 2.45. The van der Waals surface area contributed by atoms with Crippen molar-refractivity contribution >= 4 is 23.3 Å². The monoisotopic (exact) mass is 294 g/mol. The Hall–Kier alpha value is -2.41. The summed E-state index contributed by atoms with van der Waals surface area (Å²) in [6, 6.07) is 5.61. The number of hydrogen-bond acceptors (Lipinski definition) is 6. The predicted molar refractivity (Wildman–Crippen MR) is 71.2 cm³/mol. The first-order valence-corrected chi connectivity index (χ1v) is 6.49. The van der Waals surface area contributed by atoms with Crippen LogP contribution in [0.4, 0.5) is 0 Å². The van der Waals surface area contributed by atoms with Gasteiger partial charge in [0.1, 0.15) is 4.88 Å². The fraction of sp³-hybridized carbons (Fsp3) is 0.154. The lowest BCUT2D eigenvalue weighted by atomic mass is 10.2. The quantitative estimate of drug-likeness (QED) is 0.869. The van der Waals surface area contributed by atoms with Gasteiger partial charge in [-0.05, 0) is 25.1 Å². The Labute approximate surface area is 117 Å². The molecule has 6 nitrogen and oxygen atoms in total. The van der Waals surface area contributed by atoms with Gasteiger partial charge in [-0.25, -0.2) is 14.4 Å². The van der Waals surface area contributed by atoms with Gasteiger partial charge in [-0.1, -0.05) is 0 Å². The van der Waals surface area contributed by atoms with Crippen LogP contribution in [-0.4, -0.2) is 23.7 Å². The lowest BCUT2D eigenvalue weighted by Gasteiger charge is -2.01. The highest BCUT2D eigenvalue weighted by Gasteiger charge is 2.18. The molecule has 0 atom stereocenters. The summed E-state index contributed by atoms with van der Waals surface area (Å²) in [4.78, 5) is 34.6. The number of ether oxygens (including phenoxy) is 1. The van der Waals surface area contributed by atoms with Crippen LogP contribution in [0.5, 0.6) is 0 Å². The highest BCUT2D eigenvalue weighted by atomic mass is 32.1. The highest BCUT2D eigenvalue weighted by molar-refractivity contribution is 7.17. The molecule has 0 aromatic carbocycles. The van der Waals surface area contributed by atoms with Crippen LogP contribution in [-0.2, 0) is 4.74 Å². The maximum absolute atomic E-state index is 11.6. The SMILES string of the molecule is CCOC(=O)c1ccc(-c2ccc(=O)oc2C(=O)O)s1. The van der Waals surface area contributed by atoms with Crippen molar-refractivity contribution in [1.29, 1.82) is 0 Å². The number of carbonyl (C=O) groups excluding carboxylic acids is 1. The molecule has 0 bridgehead atoms. The standard InChI is InChI=1S/C13H10O6S/c1-2-18-13(17)9-5-4-8(20-9)7-3-6-10(14)19-11(7)12(15)16/h3-6H,2H2,1H3,(H,15,16). The summed E-state index contributed by atoms with van der Waals surface area (Å²) in [6.45, 7) is 1.95. The van der Waals surface area contributed by atoms with E-state index in [1.165, 1.54) is 12.1 Å². The van der Waals surface area contributed by atoms with Crippen LogP contribution in [0.3, 0.4) is 0 Å². The predicted octanol–water partition coefficient (Wildman–Crippen LogP) is 2.24. The van der Waals surface area contributed by atoms with Crippen LogP contribution in [0.2, 0.25) is 0 Å². The Morgan fingerprint density at radius 1 is 1.30 bits per heavy atom. The van der Waals surface area contributed by atoms with Crippen molar-refractivity contribution in [3.05, 3.63) is 45.3 Å². The van der Waals surface area contributed by atoms with Gasteiger partial charge in [-0.3, -0.25) is 0 Å². The molecule has 0 aliphatic rings. The first kappa shape index (κ1) is 14.0. The van der Waals surface area contributed by atoms with Gasteiger partial charge in [0.15, 0.2) is 0 Å². The zero-order valence-electron chi connectivity index (χ0n) is 10.4.